The van der Waals surface area contributed by atoms with Gasteiger partial charge < -0.3 is 10.2 Å². The van der Waals surface area contributed by atoms with Crippen LogP contribution in [0.1, 0.15) is 11.6 Å². The van der Waals surface area contributed by atoms with Crippen LogP contribution in [0.25, 0.3) is 0 Å². The van der Waals surface area contributed by atoms with E-state index in [1.165, 1.54) is 0 Å². The number of nitrogens with zero attached hydrogens (tertiary/aromatic N) is 1. The predicted molar refractivity (Wildman–Crippen MR) is 60.4 cm³/mol. The van der Waals surface area contributed by atoms with Gasteiger partial charge in [0.05, 0.1) is 6.04 Å². The largest absolute Gasteiger partial charge is 0.329 e. The molecule has 1 saturated heterocycles. The number of nitrogens with one attached hydrogen (secondary N) is 1. The highest BCUT2D eigenvalue weighted by atomic mass is 35.5. The first-order chi connectivity index (χ1) is 7.08. The minimum atomic E-state index is -0.0778. The number of rotatable bonds is 1. The van der Waals surface area contributed by atoms with Crippen LogP contribution in [-0.4, -0.2) is 24.5 Å². The molecule has 0 aromatic heterocycles. The number of benzene rings is 1. The minimum Gasteiger partial charge on any atom is -0.329 e. The van der Waals surface area contributed by atoms with Crippen LogP contribution in [0.2, 0.25) is 10.0 Å². The summed E-state index contributed by atoms with van der Waals surface area (Å²) in [6.45, 7) is 0.625. The van der Waals surface area contributed by atoms with Crippen LogP contribution in [0.3, 0.4) is 0 Å². The molecule has 5 heteroatoms. The quantitative estimate of drug-likeness (QED) is 0.810. The Hall–Kier alpha value is -0.930. The number of carbonyl (C=O) groups is 1. The molecule has 1 N–H and O–H groups in total. The van der Waals surface area contributed by atoms with Crippen molar-refractivity contribution >= 4 is 29.2 Å². The van der Waals surface area contributed by atoms with E-state index in [-0.39, 0.29) is 12.1 Å². The molecule has 2 rings (SSSR count). The first-order valence-electron chi connectivity index (χ1n) is 4.54. The normalized spacial score (nSPS) is 20.6. The fraction of sp³-hybridized carbons (Fsp3) is 0.300. The summed E-state index contributed by atoms with van der Waals surface area (Å²) in [4.78, 5) is 12.9. The van der Waals surface area contributed by atoms with Gasteiger partial charge >= 0.3 is 6.03 Å². The fourth-order valence-corrected chi connectivity index (χ4v) is 2.16. The molecule has 2 amide bonds. The van der Waals surface area contributed by atoms with Gasteiger partial charge in [0, 0.05) is 23.6 Å². The van der Waals surface area contributed by atoms with Gasteiger partial charge in [-0.25, -0.2) is 4.79 Å². The Morgan fingerprint density at radius 3 is 2.73 bits per heavy atom. The number of likely N-dealkylation sites (N-methyl/N-ethyl adjacent to an activating group) is 1. The molecule has 1 atom stereocenters. The maximum absolute atomic E-state index is 11.3. The van der Waals surface area contributed by atoms with Crippen LogP contribution in [0.4, 0.5) is 4.79 Å². The van der Waals surface area contributed by atoms with Crippen molar-refractivity contribution in [3.05, 3.63) is 33.8 Å². The standard InChI is InChI=1S/C10H10Cl2N2O/c1-14-5-9(13-10(14)15)7-3-2-6(11)4-8(7)12/h2-4,9H,5H2,1H3,(H,13,15). The second-order valence-corrected chi connectivity index (χ2v) is 4.39. The second kappa shape index (κ2) is 3.91. The molecule has 1 fully saturated rings. The van der Waals surface area contributed by atoms with E-state index in [4.69, 9.17) is 23.2 Å². The molecule has 3 nitrogen and oxygen atoms in total. The van der Waals surface area contributed by atoms with Crippen molar-refractivity contribution in [1.82, 2.24) is 10.2 Å². The van der Waals surface area contributed by atoms with Gasteiger partial charge in [-0.05, 0) is 17.7 Å². The lowest BCUT2D eigenvalue weighted by molar-refractivity contribution is 0.226. The first-order valence-corrected chi connectivity index (χ1v) is 5.30. The van der Waals surface area contributed by atoms with E-state index in [1.807, 2.05) is 6.07 Å². The summed E-state index contributed by atoms with van der Waals surface area (Å²) in [7, 11) is 1.75. The third-order valence-corrected chi connectivity index (χ3v) is 3.00. The maximum Gasteiger partial charge on any atom is 0.317 e. The van der Waals surface area contributed by atoms with Gasteiger partial charge in [-0.15, -0.1) is 0 Å². The maximum atomic E-state index is 11.3. The zero-order valence-corrected chi connectivity index (χ0v) is 9.64. The van der Waals surface area contributed by atoms with Crippen molar-refractivity contribution in [2.24, 2.45) is 0 Å². The van der Waals surface area contributed by atoms with Crippen LogP contribution in [-0.2, 0) is 0 Å². The number of halogens is 2. The topological polar surface area (TPSA) is 32.3 Å². The first kappa shape index (κ1) is 10.6. The van der Waals surface area contributed by atoms with Crippen LogP contribution < -0.4 is 5.32 Å². The van der Waals surface area contributed by atoms with Crippen molar-refractivity contribution < 1.29 is 4.79 Å². The van der Waals surface area contributed by atoms with Crippen LogP contribution >= 0.6 is 23.2 Å². The average Bonchev–Trinajstić information content (AvgIpc) is 2.46. The summed E-state index contributed by atoms with van der Waals surface area (Å²) in [5.74, 6) is 0. The molecule has 0 radical (unpaired) electrons. The molecule has 1 unspecified atom stereocenters. The fourth-order valence-electron chi connectivity index (χ4n) is 1.62. The lowest BCUT2D eigenvalue weighted by Crippen LogP contribution is -2.24. The summed E-state index contributed by atoms with van der Waals surface area (Å²) < 4.78 is 0. The molecule has 1 aliphatic heterocycles. The van der Waals surface area contributed by atoms with Crippen LogP contribution in [0.15, 0.2) is 18.2 Å². The Morgan fingerprint density at radius 2 is 2.20 bits per heavy atom. The zero-order chi connectivity index (χ0) is 11.0. The van der Waals surface area contributed by atoms with Crippen molar-refractivity contribution in [2.75, 3.05) is 13.6 Å². The Kier molecular flexibility index (Phi) is 2.76. The Morgan fingerprint density at radius 1 is 1.47 bits per heavy atom. The molecule has 1 aromatic rings. The van der Waals surface area contributed by atoms with Gasteiger partial charge in [0.25, 0.3) is 0 Å². The summed E-state index contributed by atoms with van der Waals surface area (Å²) >= 11 is 11.8. The third-order valence-electron chi connectivity index (χ3n) is 2.44. The minimum absolute atomic E-state index is 0.0488. The highest BCUT2D eigenvalue weighted by Crippen LogP contribution is 2.28. The lowest BCUT2D eigenvalue weighted by atomic mass is 10.1. The highest BCUT2D eigenvalue weighted by Gasteiger charge is 2.28. The SMILES string of the molecule is CN1CC(c2ccc(Cl)cc2Cl)NC1=O. The van der Waals surface area contributed by atoms with Gasteiger partial charge in [0.1, 0.15) is 0 Å². The predicted octanol–water partition coefficient (Wildman–Crippen LogP) is 2.69. The van der Waals surface area contributed by atoms with E-state index in [9.17, 15) is 4.79 Å². The molecule has 80 valence electrons. The van der Waals surface area contributed by atoms with Crippen molar-refractivity contribution in [2.45, 2.75) is 6.04 Å². The number of urea groups is 1. The molecule has 1 aliphatic rings. The zero-order valence-electron chi connectivity index (χ0n) is 8.13. The number of hydrogen-bond acceptors (Lipinski definition) is 1. The monoisotopic (exact) mass is 244 g/mol. The van der Waals surface area contributed by atoms with Gasteiger partial charge in [0.2, 0.25) is 0 Å². The third kappa shape index (κ3) is 2.03. The Bertz CT molecular complexity index is 408. The molecule has 15 heavy (non-hydrogen) atoms. The molecular weight excluding hydrogens is 235 g/mol. The van der Waals surface area contributed by atoms with Gasteiger partial charge in [0.15, 0.2) is 0 Å². The van der Waals surface area contributed by atoms with Crippen LogP contribution in [0, 0.1) is 0 Å². The molecule has 0 bridgehead atoms. The highest BCUT2D eigenvalue weighted by molar-refractivity contribution is 6.35. The lowest BCUT2D eigenvalue weighted by Gasteiger charge is -2.11. The Balaban J connectivity index is 2.27. The van der Waals surface area contributed by atoms with E-state index < -0.39 is 0 Å². The number of amides is 2. The average molecular weight is 245 g/mol. The van der Waals surface area contributed by atoms with E-state index >= 15 is 0 Å². The van der Waals surface area contributed by atoms with Crippen molar-refractivity contribution in [1.29, 1.82) is 0 Å². The van der Waals surface area contributed by atoms with Gasteiger partial charge in [-0.2, -0.15) is 0 Å². The van der Waals surface area contributed by atoms with Crippen molar-refractivity contribution in [3.63, 3.8) is 0 Å². The number of carbonyl (C=O) groups excluding carboxylic acids is 1. The van der Waals surface area contributed by atoms with Crippen molar-refractivity contribution in [3.8, 4) is 0 Å². The van der Waals surface area contributed by atoms with Gasteiger partial charge in [-0.1, -0.05) is 29.3 Å². The van der Waals surface area contributed by atoms with E-state index in [2.05, 4.69) is 5.32 Å². The van der Waals surface area contributed by atoms with Crippen LogP contribution in [0.5, 0.6) is 0 Å². The molecule has 1 heterocycles. The summed E-state index contributed by atoms with van der Waals surface area (Å²) in [5, 5.41) is 4.02. The molecular formula is C10H10Cl2N2O. The second-order valence-electron chi connectivity index (χ2n) is 3.55. The van der Waals surface area contributed by atoms with E-state index in [1.54, 1.807) is 24.1 Å². The summed E-state index contributed by atoms with van der Waals surface area (Å²) in [5.41, 5.74) is 0.902. The van der Waals surface area contributed by atoms with Gasteiger partial charge in [-0.3, -0.25) is 0 Å². The summed E-state index contributed by atoms with van der Waals surface area (Å²) in [6.07, 6.45) is 0. The summed E-state index contributed by atoms with van der Waals surface area (Å²) in [6, 6.07) is 5.17. The smallest absolute Gasteiger partial charge is 0.317 e. The molecule has 0 saturated carbocycles. The van der Waals surface area contributed by atoms with E-state index in [0.29, 0.717) is 16.6 Å². The molecule has 1 aromatic carbocycles. The molecule has 0 aliphatic carbocycles. The Labute approximate surface area is 98.0 Å². The molecule has 0 spiro atoms. The van der Waals surface area contributed by atoms with E-state index in [0.717, 1.165) is 5.56 Å². The number of hydrogen-bond donors (Lipinski definition) is 1.